The quantitative estimate of drug-likeness (QED) is 0.758. The molecule has 0 saturated heterocycles. The summed E-state index contributed by atoms with van der Waals surface area (Å²) in [4.78, 5) is 10.9. The van der Waals surface area contributed by atoms with E-state index in [2.05, 4.69) is 19.2 Å². The van der Waals surface area contributed by atoms with Crippen LogP contribution in [0.5, 0.6) is 5.75 Å². The topological polar surface area (TPSA) is 58.6 Å². The Labute approximate surface area is 114 Å². The molecular weight excluding hydrogens is 242 g/mol. The molecule has 0 amide bonds. The van der Waals surface area contributed by atoms with Crippen LogP contribution in [0.1, 0.15) is 32.8 Å². The minimum absolute atomic E-state index is 0.451. The van der Waals surface area contributed by atoms with Crippen LogP contribution in [0.15, 0.2) is 24.3 Å². The molecule has 1 atom stereocenters. The minimum atomic E-state index is -0.926. The molecule has 0 aromatic heterocycles. The van der Waals surface area contributed by atoms with E-state index in [1.165, 1.54) is 0 Å². The summed E-state index contributed by atoms with van der Waals surface area (Å²) < 4.78 is 5.40. The normalized spacial score (nSPS) is 12.4. The number of hydrogen-bond acceptors (Lipinski definition) is 3. The lowest BCUT2D eigenvalue weighted by molar-refractivity contribution is -0.145. The van der Waals surface area contributed by atoms with Crippen LogP contribution in [-0.2, 0) is 11.3 Å². The average molecular weight is 265 g/mol. The highest BCUT2D eigenvalue weighted by atomic mass is 16.5. The Morgan fingerprint density at radius 1 is 1.32 bits per heavy atom. The third kappa shape index (κ3) is 5.75. The molecule has 0 saturated carbocycles. The molecule has 1 rings (SSSR count). The van der Waals surface area contributed by atoms with Crippen LogP contribution in [-0.4, -0.2) is 23.7 Å². The number of rotatable bonds is 8. The van der Waals surface area contributed by atoms with Crippen LogP contribution in [0.4, 0.5) is 0 Å². The van der Waals surface area contributed by atoms with Gasteiger partial charge in [-0.1, -0.05) is 32.9 Å². The van der Waals surface area contributed by atoms with Crippen LogP contribution >= 0.6 is 0 Å². The van der Waals surface area contributed by atoms with Gasteiger partial charge in [0.2, 0.25) is 0 Å². The van der Waals surface area contributed by atoms with Crippen LogP contribution in [0.25, 0.3) is 0 Å². The summed E-state index contributed by atoms with van der Waals surface area (Å²) in [6.45, 7) is 7.92. The molecule has 19 heavy (non-hydrogen) atoms. The number of aliphatic carboxylic acids is 1. The van der Waals surface area contributed by atoms with Crippen molar-refractivity contribution >= 4 is 5.97 Å². The fourth-order valence-corrected chi connectivity index (χ4v) is 1.66. The molecule has 1 aromatic rings. The van der Waals surface area contributed by atoms with E-state index in [1.807, 2.05) is 24.3 Å². The lowest BCUT2D eigenvalue weighted by atomic mass is 10.2. The van der Waals surface area contributed by atoms with Crippen molar-refractivity contribution in [2.24, 2.45) is 5.92 Å². The van der Waals surface area contributed by atoms with Gasteiger partial charge in [-0.25, -0.2) is 4.79 Å². The second-order valence-corrected chi connectivity index (χ2v) is 5.02. The number of carboxylic acid groups (broad SMARTS) is 1. The summed E-state index contributed by atoms with van der Waals surface area (Å²) in [6, 6.07) is 7.55. The van der Waals surface area contributed by atoms with E-state index in [0.717, 1.165) is 18.7 Å². The molecule has 0 spiro atoms. The van der Waals surface area contributed by atoms with Gasteiger partial charge in [-0.3, -0.25) is 0 Å². The van der Waals surface area contributed by atoms with Gasteiger partial charge in [-0.15, -0.1) is 0 Å². The fourth-order valence-electron chi connectivity index (χ4n) is 1.66. The molecular formula is C15H23NO3. The van der Waals surface area contributed by atoms with Crippen molar-refractivity contribution in [3.05, 3.63) is 29.8 Å². The highest BCUT2D eigenvalue weighted by Crippen LogP contribution is 2.15. The number of hydrogen-bond donors (Lipinski definition) is 2. The van der Waals surface area contributed by atoms with E-state index in [9.17, 15) is 4.79 Å². The van der Waals surface area contributed by atoms with E-state index in [4.69, 9.17) is 9.84 Å². The van der Waals surface area contributed by atoms with Gasteiger partial charge in [-0.05, 0) is 36.6 Å². The first-order valence-electron chi connectivity index (χ1n) is 6.72. The average Bonchev–Trinajstić information content (AvgIpc) is 2.37. The summed E-state index contributed by atoms with van der Waals surface area (Å²) in [5.74, 6) is 0.301. The molecule has 4 heteroatoms. The van der Waals surface area contributed by atoms with E-state index in [1.54, 1.807) is 6.92 Å². The highest BCUT2D eigenvalue weighted by molar-refractivity contribution is 5.72. The zero-order chi connectivity index (χ0) is 14.3. The maximum absolute atomic E-state index is 10.9. The minimum Gasteiger partial charge on any atom is -0.479 e. The van der Waals surface area contributed by atoms with Gasteiger partial charge >= 0.3 is 5.97 Å². The summed E-state index contributed by atoms with van der Waals surface area (Å²) >= 11 is 0. The Hall–Kier alpha value is -1.55. The summed E-state index contributed by atoms with van der Waals surface area (Å²) in [5.41, 5.74) is 1.16. The number of carbonyl (C=O) groups is 1. The Morgan fingerprint density at radius 2 is 1.95 bits per heavy atom. The third-order valence-electron chi connectivity index (χ3n) is 2.73. The zero-order valence-corrected chi connectivity index (χ0v) is 11.8. The Bertz CT molecular complexity index is 387. The molecule has 1 aromatic carbocycles. The second kappa shape index (κ2) is 7.79. The first kappa shape index (κ1) is 15.5. The van der Waals surface area contributed by atoms with Gasteiger partial charge in [0.25, 0.3) is 0 Å². The lowest BCUT2D eigenvalue weighted by Crippen LogP contribution is -2.25. The SMILES string of the molecule is CCC(Oc1ccc(CNCC(C)C)cc1)C(=O)O. The number of nitrogens with one attached hydrogen (secondary N) is 1. The summed E-state index contributed by atoms with van der Waals surface area (Å²) in [5, 5.41) is 12.3. The standard InChI is InChI=1S/C15H23NO3/c1-4-14(15(17)18)19-13-7-5-12(6-8-13)10-16-9-11(2)3/h5-8,11,14,16H,4,9-10H2,1-3H3,(H,17,18). The van der Waals surface area contributed by atoms with Crippen molar-refractivity contribution in [1.82, 2.24) is 5.32 Å². The maximum atomic E-state index is 10.9. The van der Waals surface area contributed by atoms with Crippen molar-refractivity contribution < 1.29 is 14.6 Å². The largest absolute Gasteiger partial charge is 0.479 e. The molecule has 0 aliphatic carbocycles. The van der Waals surface area contributed by atoms with Crippen LogP contribution in [0.3, 0.4) is 0 Å². The highest BCUT2D eigenvalue weighted by Gasteiger charge is 2.16. The molecule has 2 N–H and O–H groups in total. The third-order valence-corrected chi connectivity index (χ3v) is 2.73. The van der Waals surface area contributed by atoms with Gasteiger partial charge in [0.15, 0.2) is 6.10 Å². The number of carboxylic acids is 1. The van der Waals surface area contributed by atoms with Crippen molar-refractivity contribution in [3.8, 4) is 5.75 Å². The monoisotopic (exact) mass is 265 g/mol. The van der Waals surface area contributed by atoms with Gasteiger partial charge < -0.3 is 15.2 Å². The Morgan fingerprint density at radius 3 is 2.42 bits per heavy atom. The Kier molecular flexibility index (Phi) is 6.36. The predicted molar refractivity (Wildman–Crippen MR) is 75.3 cm³/mol. The van der Waals surface area contributed by atoms with E-state index >= 15 is 0 Å². The maximum Gasteiger partial charge on any atom is 0.344 e. The first-order valence-corrected chi connectivity index (χ1v) is 6.72. The van der Waals surface area contributed by atoms with Gasteiger partial charge in [0.1, 0.15) is 5.75 Å². The summed E-state index contributed by atoms with van der Waals surface area (Å²) in [6.07, 6.45) is -0.322. The zero-order valence-electron chi connectivity index (χ0n) is 11.8. The molecule has 0 fully saturated rings. The van der Waals surface area contributed by atoms with Crippen LogP contribution in [0.2, 0.25) is 0 Å². The molecule has 0 aliphatic rings. The predicted octanol–water partition coefficient (Wildman–Crippen LogP) is 2.67. The van der Waals surface area contributed by atoms with Crippen molar-refractivity contribution in [2.75, 3.05) is 6.54 Å². The van der Waals surface area contributed by atoms with E-state index in [-0.39, 0.29) is 0 Å². The van der Waals surface area contributed by atoms with E-state index < -0.39 is 12.1 Å². The first-order chi connectivity index (χ1) is 9.02. The molecule has 106 valence electrons. The van der Waals surface area contributed by atoms with E-state index in [0.29, 0.717) is 18.1 Å². The van der Waals surface area contributed by atoms with Crippen molar-refractivity contribution in [3.63, 3.8) is 0 Å². The lowest BCUT2D eigenvalue weighted by Gasteiger charge is -2.13. The molecule has 1 unspecified atom stereocenters. The molecule has 4 nitrogen and oxygen atoms in total. The molecule has 0 aliphatic heterocycles. The fraction of sp³-hybridized carbons (Fsp3) is 0.533. The molecule has 0 bridgehead atoms. The van der Waals surface area contributed by atoms with Crippen molar-refractivity contribution in [2.45, 2.75) is 39.8 Å². The van der Waals surface area contributed by atoms with Gasteiger partial charge in [-0.2, -0.15) is 0 Å². The van der Waals surface area contributed by atoms with Crippen molar-refractivity contribution in [1.29, 1.82) is 0 Å². The molecule has 0 radical (unpaired) electrons. The summed E-state index contributed by atoms with van der Waals surface area (Å²) in [7, 11) is 0. The van der Waals surface area contributed by atoms with Gasteiger partial charge in [0.05, 0.1) is 0 Å². The molecule has 0 heterocycles. The number of benzene rings is 1. The second-order valence-electron chi connectivity index (χ2n) is 5.02. The Balaban J connectivity index is 2.49. The van der Waals surface area contributed by atoms with Crippen LogP contribution < -0.4 is 10.1 Å². The van der Waals surface area contributed by atoms with Gasteiger partial charge in [0, 0.05) is 6.54 Å². The smallest absolute Gasteiger partial charge is 0.344 e. The number of ether oxygens (including phenoxy) is 1. The van der Waals surface area contributed by atoms with Crippen LogP contribution in [0, 0.1) is 5.92 Å².